The number of hydrogen-bond acceptors (Lipinski definition) is 5. The SMILES string of the molecule is CN(C)c1ccc(-c2cnc3ccc(NC4CCC(O)CC4)nn23)cc1. The van der Waals surface area contributed by atoms with Gasteiger partial charge >= 0.3 is 0 Å². The molecule has 136 valence electrons. The summed E-state index contributed by atoms with van der Waals surface area (Å²) >= 11 is 0. The quantitative estimate of drug-likeness (QED) is 0.756. The average molecular weight is 351 g/mol. The molecule has 1 aliphatic rings. The Kier molecular flexibility index (Phi) is 4.51. The number of aliphatic hydroxyl groups is 1. The van der Waals surface area contributed by atoms with E-state index in [2.05, 4.69) is 39.5 Å². The molecule has 2 N–H and O–H groups in total. The van der Waals surface area contributed by atoms with E-state index < -0.39 is 0 Å². The van der Waals surface area contributed by atoms with Crippen LogP contribution in [0.25, 0.3) is 16.9 Å². The lowest BCUT2D eigenvalue weighted by molar-refractivity contribution is 0.126. The van der Waals surface area contributed by atoms with Crippen molar-refractivity contribution in [1.82, 2.24) is 14.6 Å². The van der Waals surface area contributed by atoms with Crippen LogP contribution in [0.4, 0.5) is 11.5 Å². The van der Waals surface area contributed by atoms with Crippen molar-refractivity contribution >= 4 is 17.2 Å². The molecular formula is C20H25N5O. The van der Waals surface area contributed by atoms with Crippen molar-refractivity contribution in [2.24, 2.45) is 0 Å². The normalized spacial score (nSPS) is 20.3. The monoisotopic (exact) mass is 351 g/mol. The van der Waals surface area contributed by atoms with Crippen LogP contribution in [-0.2, 0) is 0 Å². The van der Waals surface area contributed by atoms with Crippen LogP contribution >= 0.6 is 0 Å². The van der Waals surface area contributed by atoms with Crippen LogP contribution in [-0.4, -0.2) is 45.9 Å². The van der Waals surface area contributed by atoms with Gasteiger partial charge in [0.2, 0.25) is 0 Å². The molecule has 0 atom stereocenters. The Morgan fingerprint density at radius 3 is 2.46 bits per heavy atom. The molecule has 3 aromatic rings. The number of nitrogens with one attached hydrogen (secondary N) is 1. The van der Waals surface area contributed by atoms with E-state index >= 15 is 0 Å². The summed E-state index contributed by atoms with van der Waals surface area (Å²) in [5, 5.41) is 17.9. The Morgan fingerprint density at radius 2 is 1.77 bits per heavy atom. The molecule has 4 rings (SSSR count). The van der Waals surface area contributed by atoms with Gasteiger partial charge in [-0.05, 0) is 49.9 Å². The predicted octanol–water partition coefficient (Wildman–Crippen LogP) is 3.18. The summed E-state index contributed by atoms with van der Waals surface area (Å²) in [5.41, 5.74) is 4.07. The van der Waals surface area contributed by atoms with Crippen LogP contribution in [0.1, 0.15) is 25.7 Å². The van der Waals surface area contributed by atoms with Crippen molar-refractivity contribution in [3.8, 4) is 11.3 Å². The first kappa shape index (κ1) is 16.8. The zero-order chi connectivity index (χ0) is 18.1. The molecule has 1 aromatic carbocycles. The average Bonchev–Trinajstić information content (AvgIpc) is 3.07. The fourth-order valence-corrected chi connectivity index (χ4v) is 3.51. The lowest BCUT2D eigenvalue weighted by Crippen LogP contribution is -2.28. The van der Waals surface area contributed by atoms with Crippen LogP contribution < -0.4 is 10.2 Å². The van der Waals surface area contributed by atoms with E-state index in [0.29, 0.717) is 6.04 Å². The van der Waals surface area contributed by atoms with Gasteiger partial charge in [0.05, 0.1) is 18.0 Å². The lowest BCUT2D eigenvalue weighted by atomic mass is 9.93. The summed E-state index contributed by atoms with van der Waals surface area (Å²) in [5.74, 6) is 0.850. The second-order valence-electron chi connectivity index (χ2n) is 7.22. The number of fused-ring (bicyclic) bond motifs is 1. The molecule has 0 saturated heterocycles. The maximum Gasteiger partial charge on any atom is 0.154 e. The molecule has 2 aromatic heterocycles. The molecule has 6 heteroatoms. The number of aliphatic hydroxyl groups excluding tert-OH is 1. The third-order valence-corrected chi connectivity index (χ3v) is 5.09. The zero-order valence-corrected chi connectivity index (χ0v) is 15.3. The first-order valence-electron chi connectivity index (χ1n) is 9.17. The van der Waals surface area contributed by atoms with Crippen LogP contribution in [0.2, 0.25) is 0 Å². The highest BCUT2D eigenvalue weighted by molar-refractivity contribution is 5.66. The number of hydrogen-bond donors (Lipinski definition) is 2. The molecule has 6 nitrogen and oxygen atoms in total. The Hall–Kier alpha value is -2.60. The van der Waals surface area contributed by atoms with Gasteiger partial charge in [0.25, 0.3) is 0 Å². The molecular weight excluding hydrogens is 326 g/mol. The largest absolute Gasteiger partial charge is 0.393 e. The second kappa shape index (κ2) is 6.96. The van der Waals surface area contributed by atoms with Crippen LogP contribution in [0.3, 0.4) is 0 Å². The van der Waals surface area contributed by atoms with E-state index in [1.54, 1.807) is 0 Å². The Bertz CT molecular complexity index is 879. The number of imidazole rings is 1. The standard InChI is InChI=1S/C20H25N5O/c1-24(2)16-7-3-14(4-8-16)18-13-21-20-12-11-19(23-25(18)20)22-15-5-9-17(26)10-6-15/h3-4,7-8,11-13,15,17,26H,5-6,9-10H2,1-2H3,(H,22,23). The van der Waals surface area contributed by atoms with Gasteiger partial charge in [-0.2, -0.15) is 0 Å². The fourth-order valence-electron chi connectivity index (χ4n) is 3.51. The third kappa shape index (κ3) is 3.37. The summed E-state index contributed by atoms with van der Waals surface area (Å²) in [6, 6.07) is 12.7. The molecule has 26 heavy (non-hydrogen) atoms. The van der Waals surface area contributed by atoms with Gasteiger partial charge in [-0.15, -0.1) is 5.10 Å². The molecule has 0 radical (unpaired) electrons. The Morgan fingerprint density at radius 1 is 1.04 bits per heavy atom. The van der Waals surface area contributed by atoms with Crippen molar-refractivity contribution in [2.75, 3.05) is 24.3 Å². The highest BCUT2D eigenvalue weighted by atomic mass is 16.3. The van der Waals surface area contributed by atoms with Gasteiger partial charge in [-0.3, -0.25) is 0 Å². The number of aromatic nitrogens is 3. The number of nitrogens with zero attached hydrogens (tertiary/aromatic N) is 4. The van der Waals surface area contributed by atoms with Crippen molar-refractivity contribution in [3.05, 3.63) is 42.6 Å². The smallest absolute Gasteiger partial charge is 0.154 e. The maximum atomic E-state index is 9.66. The molecule has 1 aliphatic carbocycles. The molecule has 0 amide bonds. The predicted molar refractivity (Wildman–Crippen MR) is 105 cm³/mol. The van der Waals surface area contributed by atoms with Crippen molar-refractivity contribution in [1.29, 1.82) is 0 Å². The van der Waals surface area contributed by atoms with Crippen LogP contribution in [0.5, 0.6) is 0 Å². The molecule has 0 unspecified atom stereocenters. The van der Waals surface area contributed by atoms with Gasteiger partial charge in [-0.1, -0.05) is 12.1 Å². The Balaban J connectivity index is 1.60. The summed E-state index contributed by atoms with van der Waals surface area (Å²) in [6.45, 7) is 0. The molecule has 1 fully saturated rings. The molecule has 0 bridgehead atoms. The molecule has 1 saturated carbocycles. The van der Waals surface area contributed by atoms with E-state index in [-0.39, 0.29) is 6.10 Å². The highest BCUT2D eigenvalue weighted by Crippen LogP contribution is 2.25. The van der Waals surface area contributed by atoms with E-state index in [1.165, 1.54) is 0 Å². The van der Waals surface area contributed by atoms with Gasteiger partial charge < -0.3 is 15.3 Å². The minimum atomic E-state index is -0.145. The minimum Gasteiger partial charge on any atom is -0.393 e. The zero-order valence-electron chi connectivity index (χ0n) is 15.3. The maximum absolute atomic E-state index is 9.66. The third-order valence-electron chi connectivity index (χ3n) is 5.09. The van der Waals surface area contributed by atoms with Gasteiger partial charge in [-0.25, -0.2) is 9.50 Å². The number of rotatable bonds is 4. The van der Waals surface area contributed by atoms with E-state index in [4.69, 9.17) is 5.10 Å². The van der Waals surface area contributed by atoms with Crippen LogP contribution in [0, 0.1) is 0 Å². The Labute approximate surface area is 153 Å². The molecule has 2 heterocycles. The second-order valence-corrected chi connectivity index (χ2v) is 7.22. The highest BCUT2D eigenvalue weighted by Gasteiger charge is 2.19. The van der Waals surface area contributed by atoms with Crippen molar-refractivity contribution < 1.29 is 5.11 Å². The van der Waals surface area contributed by atoms with E-state index in [0.717, 1.165) is 54.1 Å². The van der Waals surface area contributed by atoms with E-state index in [9.17, 15) is 5.11 Å². The van der Waals surface area contributed by atoms with Gasteiger partial charge in [0.1, 0.15) is 5.82 Å². The summed E-state index contributed by atoms with van der Waals surface area (Å²) in [6.07, 6.45) is 5.39. The topological polar surface area (TPSA) is 65.7 Å². The summed E-state index contributed by atoms with van der Waals surface area (Å²) < 4.78 is 1.89. The first-order chi connectivity index (χ1) is 12.6. The number of benzene rings is 1. The lowest BCUT2D eigenvalue weighted by Gasteiger charge is -2.26. The van der Waals surface area contributed by atoms with E-state index in [1.807, 2.05) is 36.9 Å². The van der Waals surface area contributed by atoms with Crippen LogP contribution in [0.15, 0.2) is 42.6 Å². The summed E-state index contributed by atoms with van der Waals surface area (Å²) in [4.78, 5) is 6.56. The first-order valence-corrected chi connectivity index (χ1v) is 9.17. The summed E-state index contributed by atoms with van der Waals surface area (Å²) in [7, 11) is 4.07. The van der Waals surface area contributed by atoms with Crippen molar-refractivity contribution in [2.45, 2.75) is 37.8 Å². The molecule has 0 aliphatic heterocycles. The van der Waals surface area contributed by atoms with Gasteiger partial charge in [0, 0.05) is 31.4 Å². The fraction of sp³-hybridized carbons (Fsp3) is 0.400. The number of anilines is 2. The molecule has 0 spiro atoms. The van der Waals surface area contributed by atoms with Crippen molar-refractivity contribution in [3.63, 3.8) is 0 Å². The van der Waals surface area contributed by atoms with Gasteiger partial charge in [0.15, 0.2) is 5.65 Å². The minimum absolute atomic E-state index is 0.145.